The molecule has 1 aromatic carbocycles. The van der Waals surface area contributed by atoms with E-state index in [1.165, 1.54) is 17.5 Å². The van der Waals surface area contributed by atoms with Gasteiger partial charge in [-0.15, -0.1) is 0 Å². The van der Waals surface area contributed by atoms with Crippen molar-refractivity contribution in [2.24, 2.45) is 17.3 Å². The van der Waals surface area contributed by atoms with Crippen LogP contribution in [-0.4, -0.2) is 10.9 Å². The van der Waals surface area contributed by atoms with Crippen molar-refractivity contribution in [3.8, 4) is 0 Å². The Balaban J connectivity index is 1.70. The van der Waals surface area contributed by atoms with Crippen molar-refractivity contribution in [2.45, 2.75) is 58.0 Å². The highest BCUT2D eigenvalue weighted by atomic mass is 16.3. The van der Waals surface area contributed by atoms with Gasteiger partial charge in [-0.3, -0.25) is 4.79 Å². The molecule has 0 heterocycles. The molecule has 0 radical (unpaired) electrons. The SMILES string of the molecule is CC12CCC3c4ccc(CO)cc4CCC3C1CCC2=O. The maximum atomic E-state index is 12.3. The third-order valence-electron chi connectivity index (χ3n) is 6.68. The highest BCUT2D eigenvalue weighted by Crippen LogP contribution is 2.59. The minimum Gasteiger partial charge on any atom is -0.392 e. The topological polar surface area (TPSA) is 37.3 Å². The fourth-order valence-electron chi connectivity index (χ4n) is 5.51. The second-order valence-corrected chi connectivity index (χ2v) is 7.52. The summed E-state index contributed by atoms with van der Waals surface area (Å²) in [6.45, 7) is 2.37. The Kier molecular flexibility index (Phi) is 3.01. The van der Waals surface area contributed by atoms with E-state index in [1.54, 1.807) is 0 Å². The first-order valence-corrected chi connectivity index (χ1v) is 8.39. The molecule has 21 heavy (non-hydrogen) atoms. The van der Waals surface area contributed by atoms with Crippen LogP contribution < -0.4 is 0 Å². The average molecular weight is 284 g/mol. The summed E-state index contributed by atoms with van der Waals surface area (Å²) in [5.41, 5.74) is 3.95. The highest BCUT2D eigenvalue weighted by molar-refractivity contribution is 5.87. The van der Waals surface area contributed by atoms with Crippen molar-refractivity contribution in [1.82, 2.24) is 0 Å². The summed E-state index contributed by atoms with van der Waals surface area (Å²) in [7, 11) is 0. The molecule has 4 atom stereocenters. The van der Waals surface area contributed by atoms with Gasteiger partial charge in [-0.2, -0.15) is 0 Å². The van der Waals surface area contributed by atoms with E-state index in [9.17, 15) is 9.90 Å². The second kappa shape index (κ2) is 4.67. The van der Waals surface area contributed by atoms with Crippen LogP contribution in [-0.2, 0) is 17.8 Å². The number of ketones is 1. The van der Waals surface area contributed by atoms with E-state index in [1.807, 2.05) is 0 Å². The van der Waals surface area contributed by atoms with Crippen molar-refractivity contribution >= 4 is 5.78 Å². The predicted octanol–water partition coefficient (Wildman–Crippen LogP) is 3.60. The number of aliphatic hydroxyl groups excluding tert-OH is 1. The van der Waals surface area contributed by atoms with Crippen LogP contribution in [0.3, 0.4) is 0 Å². The van der Waals surface area contributed by atoms with Gasteiger partial charge in [0.15, 0.2) is 0 Å². The maximum absolute atomic E-state index is 12.3. The maximum Gasteiger partial charge on any atom is 0.139 e. The number of hydrogen-bond acceptors (Lipinski definition) is 2. The van der Waals surface area contributed by atoms with E-state index in [4.69, 9.17) is 0 Å². The van der Waals surface area contributed by atoms with Gasteiger partial charge in [-0.1, -0.05) is 25.1 Å². The smallest absolute Gasteiger partial charge is 0.139 e. The number of hydrogen-bond donors (Lipinski definition) is 1. The molecule has 3 aliphatic rings. The van der Waals surface area contributed by atoms with Crippen molar-refractivity contribution in [1.29, 1.82) is 0 Å². The number of aliphatic hydroxyl groups is 1. The lowest BCUT2D eigenvalue weighted by Gasteiger charge is -2.48. The van der Waals surface area contributed by atoms with Crippen molar-refractivity contribution in [3.05, 3.63) is 34.9 Å². The van der Waals surface area contributed by atoms with Crippen LogP contribution in [0.5, 0.6) is 0 Å². The zero-order valence-corrected chi connectivity index (χ0v) is 12.8. The van der Waals surface area contributed by atoms with Gasteiger partial charge in [0.05, 0.1) is 6.61 Å². The van der Waals surface area contributed by atoms with Crippen molar-refractivity contribution in [2.75, 3.05) is 0 Å². The van der Waals surface area contributed by atoms with E-state index < -0.39 is 0 Å². The van der Waals surface area contributed by atoms with Crippen LogP contribution in [0, 0.1) is 17.3 Å². The summed E-state index contributed by atoms with van der Waals surface area (Å²) in [5, 5.41) is 9.32. The lowest BCUT2D eigenvalue weighted by atomic mass is 9.55. The largest absolute Gasteiger partial charge is 0.392 e. The monoisotopic (exact) mass is 284 g/mol. The summed E-state index contributed by atoms with van der Waals surface area (Å²) in [6, 6.07) is 6.52. The lowest BCUT2D eigenvalue weighted by molar-refractivity contribution is -0.129. The van der Waals surface area contributed by atoms with E-state index in [0.29, 0.717) is 23.5 Å². The minimum atomic E-state index is -0.0241. The summed E-state index contributed by atoms with van der Waals surface area (Å²) < 4.78 is 0. The summed E-state index contributed by atoms with van der Waals surface area (Å²) >= 11 is 0. The van der Waals surface area contributed by atoms with Gasteiger partial charge >= 0.3 is 0 Å². The standard InChI is InChI=1S/C19H24O2/c1-19-9-8-15-14-4-2-12(11-20)10-13(14)3-5-16(15)17(19)6-7-18(19)21/h2,4,10,15-17,20H,3,5-9,11H2,1H3. The first-order chi connectivity index (χ1) is 10.1. The molecule has 0 amide bonds. The molecule has 0 aliphatic heterocycles. The molecule has 4 unspecified atom stereocenters. The van der Waals surface area contributed by atoms with Gasteiger partial charge in [-0.05, 0) is 66.5 Å². The van der Waals surface area contributed by atoms with E-state index >= 15 is 0 Å². The number of fused-ring (bicyclic) bond motifs is 5. The van der Waals surface area contributed by atoms with Gasteiger partial charge in [0.1, 0.15) is 5.78 Å². The summed E-state index contributed by atoms with van der Waals surface area (Å²) in [4.78, 5) is 12.3. The van der Waals surface area contributed by atoms with Crippen LogP contribution in [0.2, 0.25) is 0 Å². The zero-order valence-electron chi connectivity index (χ0n) is 12.8. The number of aryl methyl sites for hydroxylation is 1. The molecule has 3 aliphatic carbocycles. The average Bonchev–Trinajstić information content (AvgIpc) is 2.82. The molecule has 2 saturated carbocycles. The van der Waals surface area contributed by atoms with Gasteiger partial charge < -0.3 is 5.11 Å². The highest BCUT2D eigenvalue weighted by Gasteiger charge is 2.54. The van der Waals surface area contributed by atoms with Crippen LogP contribution in [0.4, 0.5) is 0 Å². The Morgan fingerprint density at radius 2 is 2.10 bits per heavy atom. The van der Waals surface area contributed by atoms with E-state index in [2.05, 4.69) is 25.1 Å². The quantitative estimate of drug-likeness (QED) is 0.855. The van der Waals surface area contributed by atoms with Crippen molar-refractivity contribution < 1.29 is 9.90 Å². The number of rotatable bonds is 1. The number of carbonyl (C=O) groups is 1. The minimum absolute atomic E-state index is 0.0241. The third kappa shape index (κ3) is 1.85. The van der Waals surface area contributed by atoms with Crippen LogP contribution in [0.25, 0.3) is 0 Å². The van der Waals surface area contributed by atoms with E-state index in [0.717, 1.165) is 37.7 Å². The van der Waals surface area contributed by atoms with Gasteiger partial charge in [0.25, 0.3) is 0 Å². The van der Waals surface area contributed by atoms with Gasteiger partial charge in [0, 0.05) is 11.8 Å². The molecular formula is C19H24O2. The molecule has 0 aromatic heterocycles. The number of carbonyl (C=O) groups excluding carboxylic acids is 1. The Labute approximate surface area is 126 Å². The predicted molar refractivity (Wildman–Crippen MR) is 82.0 cm³/mol. The van der Waals surface area contributed by atoms with Crippen molar-refractivity contribution in [3.63, 3.8) is 0 Å². The summed E-state index contributed by atoms with van der Waals surface area (Å²) in [6.07, 6.45) is 6.49. The second-order valence-electron chi connectivity index (χ2n) is 7.52. The molecular weight excluding hydrogens is 260 g/mol. The molecule has 0 bridgehead atoms. The van der Waals surface area contributed by atoms with Crippen LogP contribution in [0.1, 0.15) is 61.6 Å². The first kappa shape index (κ1) is 13.5. The van der Waals surface area contributed by atoms with Gasteiger partial charge in [-0.25, -0.2) is 0 Å². The molecule has 2 nitrogen and oxygen atoms in total. The number of benzene rings is 1. The van der Waals surface area contributed by atoms with Crippen LogP contribution in [0.15, 0.2) is 18.2 Å². The normalized spacial score (nSPS) is 37.8. The van der Waals surface area contributed by atoms with E-state index in [-0.39, 0.29) is 12.0 Å². The third-order valence-corrected chi connectivity index (χ3v) is 6.68. The zero-order chi connectivity index (χ0) is 14.6. The molecule has 1 aromatic rings. The Bertz CT molecular complexity index is 591. The molecule has 2 heteroatoms. The molecule has 112 valence electrons. The van der Waals surface area contributed by atoms with Gasteiger partial charge in [0.2, 0.25) is 0 Å². The molecule has 2 fully saturated rings. The molecule has 0 spiro atoms. The molecule has 0 saturated heterocycles. The summed E-state index contributed by atoms with van der Waals surface area (Å²) in [5.74, 6) is 2.47. The first-order valence-electron chi connectivity index (χ1n) is 8.39. The lowest BCUT2D eigenvalue weighted by Crippen LogP contribution is -2.42. The molecule has 4 rings (SSSR count). The Morgan fingerprint density at radius 3 is 2.90 bits per heavy atom. The Morgan fingerprint density at radius 1 is 1.24 bits per heavy atom. The van der Waals surface area contributed by atoms with Crippen LogP contribution >= 0.6 is 0 Å². The molecule has 1 N–H and O–H groups in total. The number of Topliss-reactive ketones (excluding diaryl/α,β-unsaturated/α-hetero) is 1. The fraction of sp³-hybridized carbons (Fsp3) is 0.632. The fourth-order valence-corrected chi connectivity index (χ4v) is 5.51. The Hall–Kier alpha value is -1.15.